The van der Waals surface area contributed by atoms with Gasteiger partial charge in [0.2, 0.25) is 0 Å². The van der Waals surface area contributed by atoms with E-state index in [2.05, 4.69) is 36.4 Å². The van der Waals surface area contributed by atoms with Gasteiger partial charge in [0.05, 0.1) is 11.7 Å². The van der Waals surface area contributed by atoms with Crippen molar-refractivity contribution in [2.24, 2.45) is 0 Å². The van der Waals surface area contributed by atoms with Crippen LogP contribution in [0.4, 0.5) is 0 Å². The average Bonchev–Trinajstić information content (AvgIpc) is 3.04. The number of aromatic hydroxyl groups is 1. The Labute approximate surface area is 248 Å². The molecule has 2 N–H and O–H groups in total. The number of hydrogen-bond acceptors (Lipinski definition) is 7. The number of unbranched alkanes of at least 4 members (excludes halogenated alkanes) is 1. The minimum atomic E-state index is -3.54. The minimum Gasteiger partial charge on any atom is -0.508 e. The number of phenolic OH excluding ortho intramolecular Hbond substituents is 1. The van der Waals surface area contributed by atoms with Gasteiger partial charge in [-0.15, -0.1) is 0 Å². The summed E-state index contributed by atoms with van der Waals surface area (Å²) < 4.78 is 24.6. The average molecular weight is 587 g/mol. The molecule has 1 atom stereocenters. The standard InChI is InChI=1S/C34H38O7Si/c1-38-42(39-2,41-25-13-12-20-32(36)26-40-33(37)27-21-23-31(35)24-22-27)34(28-14-6-3-7-15-28,29-16-8-4-9-17-29)30-18-10-5-11-19-30/h3-11,14-19,21-24,32,35-36H,12-13,20,25-26H2,1-2H3. The third kappa shape index (κ3) is 6.81. The fourth-order valence-corrected chi connectivity index (χ4v) is 8.54. The predicted molar refractivity (Wildman–Crippen MR) is 163 cm³/mol. The SMILES string of the molecule is CO[Si](OC)(OCCCCC(O)COC(=O)c1ccc(O)cc1)C(c1ccccc1)(c1ccccc1)c1ccccc1. The Morgan fingerprint density at radius 1 is 0.738 bits per heavy atom. The quantitative estimate of drug-likeness (QED) is 0.0775. The van der Waals surface area contributed by atoms with Crippen LogP contribution < -0.4 is 0 Å². The smallest absolute Gasteiger partial charge is 0.508 e. The molecule has 42 heavy (non-hydrogen) atoms. The van der Waals surface area contributed by atoms with Crippen LogP contribution in [0.25, 0.3) is 0 Å². The van der Waals surface area contributed by atoms with Gasteiger partial charge in [0.1, 0.15) is 17.4 Å². The number of aliphatic hydroxyl groups excluding tert-OH is 1. The van der Waals surface area contributed by atoms with Crippen molar-refractivity contribution in [2.45, 2.75) is 30.4 Å². The molecule has 0 aromatic heterocycles. The summed E-state index contributed by atoms with van der Waals surface area (Å²) in [4.78, 5) is 12.2. The fourth-order valence-electron chi connectivity index (χ4n) is 5.34. The largest absolute Gasteiger partial charge is 0.520 e. The highest BCUT2D eigenvalue weighted by molar-refractivity contribution is 6.66. The summed E-state index contributed by atoms with van der Waals surface area (Å²) in [6.07, 6.45) is 0.904. The third-order valence-electron chi connectivity index (χ3n) is 7.35. The van der Waals surface area contributed by atoms with E-state index in [1.807, 2.05) is 54.6 Å². The van der Waals surface area contributed by atoms with Crippen molar-refractivity contribution in [2.75, 3.05) is 27.4 Å². The monoisotopic (exact) mass is 586 g/mol. The number of aliphatic hydroxyl groups is 1. The van der Waals surface area contributed by atoms with Gasteiger partial charge in [-0.1, -0.05) is 91.0 Å². The zero-order valence-electron chi connectivity index (χ0n) is 24.0. The number of phenols is 1. The lowest BCUT2D eigenvalue weighted by Gasteiger charge is -2.45. The van der Waals surface area contributed by atoms with Gasteiger partial charge in [-0.2, -0.15) is 0 Å². The van der Waals surface area contributed by atoms with Gasteiger partial charge in [0, 0.05) is 20.8 Å². The molecular formula is C34H38O7Si. The van der Waals surface area contributed by atoms with E-state index in [1.165, 1.54) is 24.3 Å². The van der Waals surface area contributed by atoms with Crippen molar-refractivity contribution in [3.63, 3.8) is 0 Å². The van der Waals surface area contributed by atoms with Crippen LogP contribution in [0, 0.1) is 0 Å². The molecule has 0 aliphatic rings. The molecule has 0 spiro atoms. The molecule has 0 saturated heterocycles. The van der Waals surface area contributed by atoms with Crippen LogP contribution in [-0.2, 0) is 23.1 Å². The number of ether oxygens (including phenoxy) is 1. The summed E-state index contributed by atoms with van der Waals surface area (Å²) in [6.45, 7) is 0.233. The Morgan fingerprint density at radius 2 is 1.21 bits per heavy atom. The molecule has 8 heteroatoms. The number of carbonyl (C=O) groups is 1. The number of benzene rings is 4. The maximum atomic E-state index is 12.2. The van der Waals surface area contributed by atoms with Crippen molar-refractivity contribution in [3.05, 3.63) is 138 Å². The van der Waals surface area contributed by atoms with E-state index in [-0.39, 0.29) is 12.4 Å². The van der Waals surface area contributed by atoms with Gasteiger partial charge in [-0.05, 0) is 60.2 Å². The van der Waals surface area contributed by atoms with E-state index in [4.69, 9.17) is 18.0 Å². The third-order valence-corrected chi connectivity index (χ3v) is 10.8. The van der Waals surface area contributed by atoms with E-state index < -0.39 is 25.9 Å². The number of rotatable bonds is 15. The summed E-state index contributed by atoms with van der Waals surface area (Å²) in [5.74, 6) is -0.483. The fraction of sp³-hybridized carbons (Fsp3) is 0.265. The molecule has 0 fully saturated rings. The van der Waals surface area contributed by atoms with Gasteiger partial charge >= 0.3 is 14.8 Å². The summed E-state index contributed by atoms with van der Waals surface area (Å²) in [5.41, 5.74) is 3.32. The van der Waals surface area contributed by atoms with Crippen molar-refractivity contribution in [1.29, 1.82) is 0 Å². The van der Waals surface area contributed by atoms with Crippen LogP contribution >= 0.6 is 0 Å². The molecule has 220 valence electrons. The molecule has 0 aliphatic heterocycles. The Bertz CT molecular complexity index is 1270. The van der Waals surface area contributed by atoms with E-state index >= 15 is 0 Å². The van der Waals surface area contributed by atoms with Crippen molar-refractivity contribution < 1.29 is 33.0 Å². The van der Waals surface area contributed by atoms with Crippen LogP contribution in [0.15, 0.2) is 115 Å². The van der Waals surface area contributed by atoms with E-state index in [0.717, 1.165) is 16.7 Å². The maximum Gasteiger partial charge on any atom is 0.520 e. The van der Waals surface area contributed by atoms with E-state index in [9.17, 15) is 15.0 Å². The molecule has 0 amide bonds. The topological polar surface area (TPSA) is 94.5 Å². The van der Waals surface area contributed by atoms with Crippen LogP contribution in [0.3, 0.4) is 0 Å². The van der Waals surface area contributed by atoms with E-state index in [0.29, 0.717) is 31.4 Å². The lowest BCUT2D eigenvalue weighted by Crippen LogP contribution is -2.63. The minimum absolute atomic E-state index is 0.0661. The highest BCUT2D eigenvalue weighted by Crippen LogP contribution is 2.47. The van der Waals surface area contributed by atoms with Crippen molar-refractivity contribution in [1.82, 2.24) is 0 Å². The first-order valence-electron chi connectivity index (χ1n) is 14.0. The Balaban J connectivity index is 1.49. The van der Waals surface area contributed by atoms with Gasteiger partial charge in [0.15, 0.2) is 0 Å². The molecule has 0 aliphatic carbocycles. The lowest BCUT2D eigenvalue weighted by molar-refractivity contribution is 0.0225. The Morgan fingerprint density at radius 3 is 1.67 bits per heavy atom. The molecule has 0 saturated carbocycles. The zero-order valence-corrected chi connectivity index (χ0v) is 25.0. The number of carbonyl (C=O) groups excluding carboxylic acids is 1. The normalized spacial score (nSPS) is 12.5. The molecule has 0 bridgehead atoms. The second-order valence-corrected chi connectivity index (χ2v) is 12.9. The summed E-state index contributed by atoms with van der Waals surface area (Å²) in [6, 6.07) is 36.3. The summed E-state index contributed by atoms with van der Waals surface area (Å²) in [5, 5.41) is 19.0. The molecule has 4 aromatic rings. The van der Waals surface area contributed by atoms with Gasteiger partial charge in [-0.3, -0.25) is 0 Å². The first-order chi connectivity index (χ1) is 20.5. The molecule has 7 nitrogen and oxygen atoms in total. The Kier molecular flexibility index (Phi) is 11.1. The number of hydrogen-bond donors (Lipinski definition) is 2. The van der Waals surface area contributed by atoms with Gasteiger partial charge in [0.25, 0.3) is 0 Å². The zero-order chi connectivity index (χ0) is 29.8. The predicted octanol–water partition coefficient (Wildman–Crippen LogP) is 5.90. The molecular weight excluding hydrogens is 548 g/mol. The summed E-state index contributed by atoms with van der Waals surface area (Å²) >= 11 is 0. The van der Waals surface area contributed by atoms with Crippen LogP contribution in [0.5, 0.6) is 5.75 Å². The van der Waals surface area contributed by atoms with Crippen molar-refractivity contribution in [3.8, 4) is 5.75 Å². The first kappa shape index (κ1) is 31.1. The highest BCUT2D eigenvalue weighted by Gasteiger charge is 2.63. The van der Waals surface area contributed by atoms with Gasteiger partial charge < -0.3 is 28.2 Å². The first-order valence-corrected chi connectivity index (χ1v) is 15.7. The molecule has 4 rings (SSSR count). The van der Waals surface area contributed by atoms with Crippen LogP contribution in [-0.4, -0.2) is 58.5 Å². The second-order valence-electron chi connectivity index (χ2n) is 9.96. The summed E-state index contributed by atoms with van der Waals surface area (Å²) in [7, 11) is -0.255. The maximum absolute atomic E-state index is 12.2. The molecule has 4 aromatic carbocycles. The second kappa shape index (κ2) is 14.9. The Hall–Kier alpha value is -3.79. The lowest BCUT2D eigenvalue weighted by atomic mass is 9.84. The van der Waals surface area contributed by atoms with Gasteiger partial charge in [-0.25, -0.2) is 4.79 Å². The number of esters is 1. The van der Waals surface area contributed by atoms with Crippen LogP contribution in [0.2, 0.25) is 0 Å². The molecule has 0 radical (unpaired) electrons. The van der Waals surface area contributed by atoms with E-state index in [1.54, 1.807) is 14.2 Å². The molecule has 1 unspecified atom stereocenters. The molecule has 0 heterocycles. The van der Waals surface area contributed by atoms with Crippen LogP contribution in [0.1, 0.15) is 46.3 Å². The highest BCUT2D eigenvalue weighted by atomic mass is 28.4. The van der Waals surface area contributed by atoms with Crippen molar-refractivity contribution >= 4 is 14.8 Å².